The Balaban J connectivity index is 1.74. The van der Waals surface area contributed by atoms with E-state index in [0.717, 1.165) is 5.56 Å². The van der Waals surface area contributed by atoms with Crippen LogP contribution in [-0.4, -0.2) is 26.9 Å². The maximum absolute atomic E-state index is 13.0. The van der Waals surface area contributed by atoms with Crippen molar-refractivity contribution in [3.63, 3.8) is 0 Å². The number of aromatic amines is 1. The zero-order valence-electron chi connectivity index (χ0n) is 12.3. The highest BCUT2D eigenvalue weighted by Crippen LogP contribution is 2.19. The lowest BCUT2D eigenvalue weighted by atomic mass is 10.1. The highest BCUT2D eigenvalue weighted by Gasteiger charge is 2.08. The lowest BCUT2D eigenvalue weighted by molar-refractivity contribution is 0.0947. The number of hydrogen-bond acceptors (Lipinski definition) is 3. The molecule has 0 atom stereocenters. The van der Waals surface area contributed by atoms with Crippen LogP contribution in [0.2, 0.25) is 0 Å². The van der Waals surface area contributed by atoms with Crippen LogP contribution < -0.4 is 5.43 Å². The number of hydrogen-bond donors (Lipinski definition) is 2. The molecule has 0 aliphatic heterocycles. The SMILES string of the molecule is Cn1cccc1C(=O)N/N=C\c1cn[nH]c1-c1ccc(F)cc1. The molecule has 0 radical (unpaired) electrons. The fourth-order valence-corrected chi connectivity index (χ4v) is 2.16. The summed E-state index contributed by atoms with van der Waals surface area (Å²) in [6.07, 6.45) is 4.85. The van der Waals surface area contributed by atoms with Crippen molar-refractivity contribution in [3.05, 3.63) is 65.9 Å². The van der Waals surface area contributed by atoms with Gasteiger partial charge in [-0.3, -0.25) is 9.89 Å². The number of aromatic nitrogens is 3. The van der Waals surface area contributed by atoms with Crippen LogP contribution >= 0.6 is 0 Å². The molecule has 3 rings (SSSR count). The van der Waals surface area contributed by atoms with E-state index in [1.165, 1.54) is 18.3 Å². The lowest BCUT2D eigenvalue weighted by Gasteiger charge is -2.01. The van der Waals surface area contributed by atoms with Crippen LogP contribution in [0.3, 0.4) is 0 Å². The Hall–Kier alpha value is -3.22. The van der Waals surface area contributed by atoms with Crippen molar-refractivity contribution in [2.75, 3.05) is 0 Å². The maximum Gasteiger partial charge on any atom is 0.287 e. The van der Waals surface area contributed by atoms with Gasteiger partial charge in [-0.05, 0) is 36.4 Å². The quantitative estimate of drug-likeness (QED) is 0.573. The van der Waals surface area contributed by atoms with E-state index in [1.54, 1.807) is 48.3 Å². The summed E-state index contributed by atoms with van der Waals surface area (Å²) in [7, 11) is 1.78. The van der Waals surface area contributed by atoms with E-state index in [-0.39, 0.29) is 11.7 Å². The van der Waals surface area contributed by atoms with Crippen LogP contribution in [0.5, 0.6) is 0 Å². The topological polar surface area (TPSA) is 75.1 Å². The predicted molar refractivity (Wildman–Crippen MR) is 84.5 cm³/mol. The van der Waals surface area contributed by atoms with Crippen molar-refractivity contribution in [3.8, 4) is 11.3 Å². The molecule has 0 saturated carbocycles. The molecule has 0 spiro atoms. The number of carbonyl (C=O) groups excluding carboxylic acids is 1. The molecule has 2 N–H and O–H groups in total. The van der Waals surface area contributed by atoms with Gasteiger partial charge in [-0.25, -0.2) is 9.82 Å². The minimum Gasteiger partial charge on any atom is -0.347 e. The largest absolute Gasteiger partial charge is 0.347 e. The molecule has 1 amide bonds. The average molecular weight is 311 g/mol. The number of benzene rings is 1. The van der Waals surface area contributed by atoms with Crippen LogP contribution in [0, 0.1) is 5.82 Å². The highest BCUT2D eigenvalue weighted by molar-refractivity contribution is 5.94. The van der Waals surface area contributed by atoms with Crippen LogP contribution in [0.1, 0.15) is 16.1 Å². The molecule has 7 heteroatoms. The molecular weight excluding hydrogens is 297 g/mol. The molecule has 0 bridgehead atoms. The van der Waals surface area contributed by atoms with Crippen molar-refractivity contribution >= 4 is 12.1 Å². The molecule has 6 nitrogen and oxygen atoms in total. The zero-order chi connectivity index (χ0) is 16.2. The van der Waals surface area contributed by atoms with Crippen molar-refractivity contribution < 1.29 is 9.18 Å². The van der Waals surface area contributed by atoms with Gasteiger partial charge in [0, 0.05) is 24.4 Å². The first-order valence-electron chi connectivity index (χ1n) is 6.89. The van der Waals surface area contributed by atoms with E-state index >= 15 is 0 Å². The third kappa shape index (κ3) is 3.18. The number of amides is 1. The first kappa shape index (κ1) is 14.7. The van der Waals surface area contributed by atoms with Crippen molar-refractivity contribution in [2.24, 2.45) is 12.1 Å². The van der Waals surface area contributed by atoms with E-state index in [4.69, 9.17) is 0 Å². The Morgan fingerprint density at radius 1 is 1.35 bits per heavy atom. The summed E-state index contributed by atoms with van der Waals surface area (Å²) >= 11 is 0. The maximum atomic E-state index is 13.0. The Morgan fingerprint density at radius 3 is 2.83 bits per heavy atom. The van der Waals surface area contributed by atoms with Gasteiger partial charge < -0.3 is 4.57 Å². The van der Waals surface area contributed by atoms with E-state index in [0.29, 0.717) is 17.0 Å². The molecule has 0 aliphatic rings. The predicted octanol–water partition coefficient (Wildman–Crippen LogP) is 2.32. The average Bonchev–Trinajstić information content (AvgIpc) is 3.17. The van der Waals surface area contributed by atoms with Gasteiger partial charge in [0.25, 0.3) is 5.91 Å². The fourth-order valence-electron chi connectivity index (χ4n) is 2.16. The van der Waals surface area contributed by atoms with Gasteiger partial charge in [-0.2, -0.15) is 10.2 Å². The Kier molecular flexibility index (Phi) is 4.01. The Bertz CT molecular complexity index is 847. The number of H-pyrrole nitrogens is 1. The summed E-state index contributed by atoms with van der Waals surface area (Å²) in [5, 5.41) is 10.7. The number of rotatable bonds is 4. The standard InChI is InChI=1S/C16H14FN5O/c1-22-8-2-3-14(22)16(23)21-19-10-12-9-18-20-15(12)11-4-6-13(17)7-5-11/h2-10H,1H3,(H,18,20)(H,21,23)/b19-10-. The van der Waals surface area contributed by atoms with Crippen molar-refractivity contribution in [1.29, 1.82) is 0 Å². The van der Waals surface area contributed by atoms with Crippen LogP contribution in [0.15, 0.2) is 53.9 Å². The minimum atomic E-state index is -0.307. The summed E-state index contributed by atoms with van der Waals surface area (Å²) in [6.45, 7) is 0. The molecule has 116 valence electrons. The van der Waals surface area contributed by atoms with E-state index in [2.05, 4.69) is 20.7 Å². The second-order valence-electron chi connectivity index (χ2n) is 4.91. The first-order valence-corrected chi connectivity index (χ1v) is 6.89. The smallest absolute Gasteiger partial charge is 0.287 e. The van der Waals surface area contributed by atoms with Crippen LogP contribution in [0.25, 0.3) is 11.3 Å². The monoisotopic (exact) mass is 311 g/mol. The molecule has 2 aromatic heterocycles. The second-order valence-corrected chi connectivity index (χ2v) is 4.91. The van der Waals surface area contributed by atoms with Gasteiger partial charge in [0.1, 0.15) is 11.5 Å². The van der Waals surface area contributed by atoms with Crippen molar-refractivity contribution in [1.82, 2.24) is 20.2 Å². The van der Waals surface area contributed by atoms with Crippen molar-refractivity contribution in [2.45, 2.75) is 0 Å². The van der Waals surface area contributed by atoms with E-state index in [1.807, 2.05) is 0 Å². The molecule has 0 unspecified atom stereocenters. The van der Waals surface area contributed by atoms with E-state index < -0.39 is 0 Å². The lowest BCUT2D eigenvalue weighted by Crippen LogP contribution is -2.20. The number of aryl methyl sites for hydroxylation is 1. The van der Waals surface area contributed by atoms with Gasteiger partial charge >= 0.3 is 0 Å². The summed E-state index contributed by atoms with van der Waals surface area (Å²) in [4.78, 5) is 11.9. The van der Waals surface area contributed by atoms with Gasteiger partial charge in [-0.15, -0.1) is 0 Å². The van der Waals surface area contributed by atoms with Gasteiger partial charge in [0.05, 0.1) is 18.1 Å². The highest BCUT2D eigenvalue weighted by atomic mass is 19.1. The van der Waals surface area contributed by atoms with Crippen LogP contribution in [-0.2, 0) is 7.05 Å². The Labute approximate surface area is 131 Å². The van der Waals surface area contributed by atoms with Crippen LogP contribution in [0.4, 0.5) is 4.39 Å². The molecule has 23 heavy (non-hydrogen) atoms. The number of nitrogens with zero attached hydrogens (tertiary/aromatic N) is 3. The molecule has 0 fully saturated rings. The van der Waals surface area contributed by atoms with Gasteiger partial charge in [0.2, 0.25) is 0 Å². The molecule has 2 heterocycles. The van der Waals surface area contributed by atoms with Gasteiger partial charge in [-0.1, -0.05) is 0 Å². The summed E-state index contributed by atoms with van der Waals surface area (Å²) in [5.41, 5.74) is 5.12. The third-order valence-corrected chi connectivity index (χ3v) is 3.35. The normalized spacial score (nSPS) is 11.0. The third-order valence-electron chi connectivity index (χ3n) is 3.35. The minimum absolute atomic E-state index is 0.305. The number of carbonyl (C=O) groups is 1. The van der Waals surface area contributed by atoms with E-state index in [9.17, 15) is 9.18 Å². The zero-order valence-corrected chi connectivity index (χ0v) is 12.3. The Morgan fingerprint density at radius 2 is 2.13 bits per heavy atom. The molecule has 0 saturated heterocycles. The fraction of sp³-hybridized carbons (Fsp3) is 0.0625. The number of hydrazone groups is 1. The molecule has 3 aromatic rings. The molecular formula is C16H14FN5O. The first-order chi connectivity index (χ1) is 11.1. The number of halogens is 1. The second kappa shape index (κ2) is 6.27. The number of nitrogens with one attached hydrogen (secondary N) is 2. The summed E-state index contributed by atoms with van der Waals surface area (Å²) < 4.78 is 14.7. The van der Waals surface area contributed by atoms with Gasteiger partial charge in [0.15, 0.2) is 0 Å². The summed E-state index contributed by atoms with van der Waals surface area (Å²) in [5.74, 6) is -0.612. The molecule has 1 aromatic carbocycles. The molecule has 0 aliphatic carbocycles. The summed E-state index contributed by atoms with van der Waals surface area (Å²) in [6, 6.07) is 9.50.